The van der Waals surface area contributed by atoms with Crippen LogP contribution in [0.15, 0.2) is 18.3 Å². The summed E-state index contributed by atoms with van der Waals surface area (Å²) in [5.74, 6) is 1.13. The van der Waals surface area contributed by atoms with E-state index < -0.39 is 0 Å². The lowest BCUT2D eigenvalue weighted by atomic mass is 9.73. The van der Waals surface area contributed by atoms with E-state index in [1.807, 2.05) is 6.20 Å². The van der Waals surface area contributed by atoms with Crippen LogP contribution in [-0.2, 0) is 4.74 Å². The quantitative estimate of drug-likeness (QED) is 0.721. The summed E-state index contributed by atoms with van der Waals surface area (Å²) in [4.78, 5) is 6.85. The van der Waals surface area contributed by atoms with Crippen LogP contribution in [0.25, 0.3) is 0 Å². The van der Waals surface area contributed by atoms with Gasteiger partial charge in [-0.15, -0.1) is 0 Å². The van der Waals surface area contributed by atoms with Gasteiger partial charge in [-0.1, -0.05) is 6.07 Å². The van der Waals surface area contributed by atoms with Gasteiger partial charge in [0.15, 0.2) is 0 Å². The minimum Gasteiger partial charge on any atom is -0.381 e. The van der Waals surface area contributed by atoms with Crippen LogP contribution < -0.4 is 4.90 Å². The lowest BCUT2D eigenvalue weighted by molar-refractivity contribution is -0.000452. The molecule has 0 amide bonds. The van der Waals surface area contributed by atoms with Crippen LogP contribution in [0, 0.1) is 12.3 Å². The maximum absolute atomic E-state index is 5.42. The largest absolute Gasteiger partial charge is 0.381 e. The van der Waals surface area contributed by atoms with E-state index in [-0.39, 0.29) is 0 Å². The minimum atomic E-state index is 0.533. The van der Waals surface area contributed by atoms with Crippen molar-refractivity contribution >= 4 is 5.82 Å². The Morgan fingerprint density at radius 2 is 2.00 bits per heavy atom. The topological polar surface area (TPSA) is 25.4 Å². The first-order chi connectivity index (χ1) is 7.77. The average molecular weight is 218 g/mol. The normalized spacial score (nSPS) is 23.2. The predicted molar refractivity (Wildman–Crippen MR) is 63.7 cm³/mol. The summed E-state index contributed by atoms with van der Waals surface area (Å²) in [6.07, 6.45) is 4.38. The third-order valence-electron chi connectivity index (χ3n) is 3.83. The Kier molecular flexibility index (Phi) is 2.36. The predicted octanol–water partition coefficient (Wildman–Crippen LogP) is 2.01. The number of aryl methyl sites for hydroxylation is 1. The molecule has 3 rings (SSSR count). The van der Waals surface area contributed by atoms with E-state index in [1.165, 1.54) is 18.4 Å². The molecule has 0 radical (unpaired) electrons. The van der Waals surface area contributed by atoms with Crippen molar-refractivity contribution in [2.24, 2.45) is 5.41 Å². The van der Waals surface area contributed by atoms with E-state index in [4.69, 9.17) is 4.74 Å². The molecule has 0 unspecified atom stereocenters. The zero-order chi connectivity index (χ0) is 11.0. The smallest absolute Gasteiger partial charge is 0.128 e. The molecule has 0 aromatic carbocycles. The molecular formula is C13H18N2O. The molecule has 2 aliphatic heterocycles. The van der Waals surface area contributed by atoms with Crippen molar-refractivity contribution in [3.63, 3.8) is 0 Å². The molecule has 0 aliphatic carbocycles. The summed E-state index contributed by atoms with van der Waals surface area (Å²) in [6.45, 7) is 6.27. The molecule has 0 saturated carbocycles. The van der Waals surface area contributed by atoms with Gasteiger partial charge in [0.05, 0.1) is 0 Å². The first-order valence-corrected chi connectivity index (χ1v) is 6.03. The van der Waals surface area contributed by atoms with Gasteiger partial charge in [0.2, 0.25) is 0 Å². The van der Waals surface area contributed by atoms with E-state index in [0.717, 1.165) is 32.1 Å². The number of rotatable bonds is 1. The number of pyridine rings is 1. The van der Waals surface area contributed by atoms with Gasteiger partial charge in [0.25, 0.3) is 0 Å². The molecule has 1 spiro atoms. The fourth-order valence-electron chi connectivity index (χ4n) is 2.69. The highest BCUT2D eigenvalue weighted by Gasteiger charge is 2.44. The summed E-state index contributed by atoms with van der Waals surface area (Å²) < 4.78 is 5.42. The van der Waals surface area contributed by atoms with Crippen molar-refractivity contribution in [3.05, 3.63) is 23.9 Å². The zero-order valence-corrected chi connectivity index (χ0v) is 9.78. The van der Waals surface area contributed by atoms with E-state index in [9.17, 15) is 0 Å². The summed E-state index contributed by atoms with van der Waals surface area (Å²) in [5, 5.41) is 0. The maximum atomic E-state index is 5.42. The van der Waals surface area contributed by atoms with E-state index >= 15 is 0 Å². The van der Waals surface area contributed by atoms with Crippen LogP contribution in [0.3, 0.4) is 0 Å². The molecule has 3 heterocycles. The molecule has 2 fully saturated rings. The van der Waals surface area contributed by atoms with Crippen molar-refractivity contribution in [1.82, 2.24) is 4.98 Å². The summed E-state index contributed by atoms with van der Waals surface area (Å²) >= 11 is 0. The van der Waals surface area contributed by atoms with Crippen molar-refractivity contribution in [2.45, 2.75) is 19.8 Å². The number of nitrogens with zero attached hydrogens (tertiary/aromatic N) is 2. The Morgan fingerprint density at radius 1 is 1.25 bits per heavy atom. The Balaban J connectivity index is 1.66. The van der Waals surface area contributed by atoms with Crippen molar-refractivity contribution in [2.75, 3.05) is 31.2 Å². The molecule has 0 atom stereocenters. The molecule has 1 aromatic rings. The number of hydrogen-bond donors (Lipinski definition) is 0. The molecule has 1 aromatic heterocycles. The van der Waals surface area contributed by atoms with E-state index in [1.54, 1.807) is 0 Å². The highest BCUT2D eigenvalue weighted by Crippen LogP contribution is 2.41. The number of anilines is 1. The number of ether oxygens (including phenoxy) is 1. The van der Waals surface area contributed by atoms with E-state index in [2.05, 4.69) is 28.9 Å². The van der Waals surface area contributed by atoms with Crippen LogP contribution in [0.5, 0.6) is 0 Å². The summed E-state index contributed by atoms with van der Waals surface area (Å²) in [7, 11) is 0. The maximum Gasteiger partial charge on any atom is 0.128 e. The highest BCUT2D eigenvalue weighted by atomic mass is 16.5. The van der Waals surface area contributed by atoms with Crippen molar-refractivity contribution < 1.29 is 4.74 Å². The molecule has 3 heteroatoms. The van der Waals surface area contributed by atoms with Gasteiger partial charge < -0.3 is 9.64 Å². The second-order valence-electron chi connectivity index (χ2n) is 5.16. The molecule has 86 valence electrons. The van der Waals surface area contributed by atoms with Crippen LogP contribution in [0.4, 0.5) is 5.82 Å². The SMILES string of the molecule is Cc1ccc(N2CC3(CCOCC3)C2)nc1. The van der Waals surface area contributed by atoms with Crippen LogP contribution in [-0.4, -0.2) is 31.3 Å². The van der Waals surface area contributed by atoms with Gasteiger partial charge in [-0.05, 0) is 31.4 Å². The summed E-state index contributed by atoms with van der Waals surface area (Å²) in [6, 6.07) is 4.26. The molecule has 2 aliphatic rings. The van der Waals surface area contributed by atoms with Gasteiger partial charge in [0, 0.05) is 37.9 Å². The van der Waals surface area contributed by atoms with Gasteiger partial charge >= 0.3 is 0 Å². The molecule has 2 saturated heterocycles. The lowest BCUT2D eigenvalue weighted by Crippen LogP contribution is -2.58. The zero-order valence-electron chi connectivity index (χ0n) is 9.78. The Labute approximate surface area is 96.4 Å². The Hall–Kier alpha value is -1.09. The third-order valence-corrected chi connectivity index (χ3v) is 3.83. The van der Waals surface area contributed by atoms with Gasteiger partial charge in [-0.2, -0.15) is 0 Å². The minimum absolute atomic E-state index is 0.533. The Morgan fingerprint density at radius 3 is 2.62 bits per heavy atom. The van der Waals surface area contributed by atoms with Crippen molar-refractivity contribution in [3.8, 4) is 0 Å². The summed E-state index contributed by atoms with van der Waals surface area (Å²) in [5.41, 5.74) is 1.76. The second-order valence-corrected chi connectivity index (χ2v) is 5.16. The van der Waals surface area contributed by atoms with Crippen LogP contribution >= 0.6 is 0 Å². The monoisotopic (exact) mass is 218 g/mol. The van der Waals surface area contributed by atoms with Crippen molar-refractivity contribution in [1.29, 1.82) is 0 Å². The van der Waals surface area contributed by atoms with E-state index in [0.29, 0.717) is 5.41 Å². The molecule has 3 nitrogen and oxygen atoms in total. The number of aromatic nitrogens is 1. The molecule has 0 N–H and O–H groups in total. The Bertz CT molecular complexity index is 360. The lowest BCUT2D eigenvalue weighted by Gasteiger charge is -2.52. The fourth-order valence-corrected chi connectivity index (χ4v) is 2.69. The van der Waals surface area contributed by atoms with Gasteiger partial charge in [0.1, 0.15) is 5.82 Å². The first kappa shape index (κ1) is 10.1. The van der Waals surface area contributed by atoms with Gasteiger partial charge in [-0.25, -0.2) is 4.98 Å². The standard InChI is InChI=1S/C13H18N2O/c1-11-2-3-12(14-8-11)15-9-13(10-15)4-6-16-7-5-13/h2-3,8H,4-7,9-10H2,1H3. The molecular weight excluding hydrogens is 200 g/mol. The first-order valence-electron chi connectivity index (χ1n) is 6.03. The van der Waals surface area contributed by atoms with Gasteiger partial charge in [-0.3, -0.25) is 0 Å². The molecule has 0 bridgehead atoms. The second kappa shape index (κ2) is 3.74. The fraction of sp³-hybridized carbons (Fsp3) is 0.615. The average Bonchev–Trinajstić information content (AvgIpc) is 2.28. The molecule has 16 heavy (non-hydrogen) atoms. The number of hydrogen-bond acceptors (Lipinski definition) is 3. The van der Waals surface area contributed by atoms with Crippen LogP contribution in [0.1, 0.15) is 18.4 Å². The third kappa shape index (κ3) is 1.69. The highest BCUT2D eigenvalue weighted by molar-refractivity contribution is 5.43. The van der Waals surface area contributed by atoms with Crippen LogP contribution in [0.2, 0.25) is 0 Å².